The van der Waals surface area contributed by atoms with Crippen LogP contribution in [0, 0.1) is 11.7 Å². The molecule has 0 radical (unpaired) electrons. The first-order valence-electron chi connectivity index (χ1n) is 10.8. The molecular formula is C24H28FN3O2. The van der Waals surface area contributed by atoms with Gasteiger partial charge in [0, 0.05) is 29.9 Å². The predicted octanol–water partition coefficient (Wildman–Crippen LogP) is 4.63. The number of anilines is 2. The summed E-state index contributed by atoms with van der Waals surface area (Å²) >= 11 is 0. The lowest BCUT2D eigenvalue weighted by atomic mass is 9.74. The van der Waals surface area contributed by atoms with Crippen LogP contribution in [-0.2, 0) is 5.41 Å². The Kier molecular flexibility index (Phi) is 4.89. The van der Waals surface area contributed by atoms with Gasteiger partial charge in [-0.15, -0.1) is 0 Å². The van der Waals surface area contributed by atoms with Gasteiger partial charge in [-0.1, -0.05) is 0 Å². The average Bonchev–Trinajstić information content (AvgIpc) is 3.53. The molecule has 5 nitrogen and oxygen atoms in total. The second kappa shape index (κ2) is 7.58. The van der Waals surface area contributed by atoms with Crippen LogP contribution in [-0.4, -0.2) is 44.2 Å². The Bertz CT molecular complexity index is 934. The van der Waals surface area contributed by atoms with Crippen molar-refractivity contribution in [2.24, 2.45) is 5.92 Å². The summed E-state index contributed by atoms with van der Waals surface area (Å²) in [5.41, 5.74) is 2.37. The molecule has 2 amide bonds. The lowest BCUT2D eigenvalue weighted by Crippen LogP contribution is -2.47. The molecular weight excluding hydrogens is 381 g/mol. The van der Waals surface area contributed by atoms with Crippen molar-refractivity contribution in [2.45, 2.75) is 31.1 Å². The summed E-state index contributed by atoms with van der Waals surface area (Å²) in [6, 6.07) is 12.0. The van der Waals surface area contributed by atoms with Crippen LogP contribution >= 0.6 is 0 Å². The van der Waals surface area contributed by atoms with Gasteiger partial charge in [-0.05, 0) is 92.7 Å². The SMILES string of the molecule is COc1ccc(NC(=O)N2CC3(CCN(CC4CC4)CC3)c3cc(F)ccc32)cc1. The van der Waals surface area contributed by atoms with Crippen LogP contribution in [0.25, 0.3) is 0 Å². The van der Waals surface area contributed by atoms with Gasteiger partial charge in [0.15, 0.2) is 0 Å². The number of likely N-dealkylation sites (tertiary alicyclic amines) is 1. The van der Waals surface area contributed by atoms with E-state index in [1.54, 1.807) is 24.1 Å². The Morgan fingerprint density at radius 1 is 1.17 bits per heavy atom. The smallest absolute Gasteiger partial charge is 0.326 e. The molecule has 0 unspecified atom stereocenters. The van der Waals surface area contributed by atoms with Crippen LogP contribution < -0.4 is 15.0 Å². The summed E-state index contributed by atoms with van der Waals surface area (Å²) in [5.74, 6) is 1.39. The first kappa shape index (κ1) is 19.4. The Morgan fingerprint density at radius 3 is 2.57 bits per heavy atom. The van der Waals surface area contributed by atoms with E-state index in [9.17, 15) is 9.18 Å². The minimum absolute atomic E-state index is 0.158. The number of methoxy groups -OCH3 is 1. The Hall–Kier alpha value is -2.60. The standard InChI is InChI=1S/C24H28FN3O2/c1-30-20-7-5-19(6-8-20)26-23(29)28-16-24(21-14-18(25)4-9-22(21)28)10-12-27(13-11-24)15-17-2-3-17/h4-9,14,17H,2-3,10-13,15-16H2,1H3,(H,26,29). The molecule has 2 aromatic rings. The first-order chi connectivity index (χ1) is 14.6. The van der Waals surface area contributed by atoms with Crippen molar-refractivity contribution < 1.29 is 13.9 Å². The number of piperidine rings is 1. The number of hydrogen-bond donors (Lipinski definition) is 1. The van der Waals surface area contributed by atoms with Crippen LogP contribution in [0.15, 0.2) is 42.5 Å². The number of nitrogens with zero attached hydrogens (tertiary/aromatic N) is 2. The van der Waals surface area contributed by atoms with E-state index in [0.29, 0.717) is 12.2 Å². The average molecular weight is 410 g/mol. The van der Waals surface area contributed by atoms with E-state index in [2.05, 4.69) is 10.2 Å². The molecule has 30 heavy (non-hydrogen) atoms. The molecule has 2 aliphatic heterocycles. The number of urea groups is 1. The maximum atomic E-state index is 14.2. The van der Waals surface area contributed by atoms with Crippen molar-refractivity contribution in [3.05, 3.63) is 53.8 Å². The highest BCUT2D eigenvalue weighted by atomic mass is 19.1. The normalized spacial score (nSPS) is 20.3. The van der Waals surface area contributed by atoms with Gasteiger partial charge in [0.1, 0.15) is 11.6 Å². The van der Waals surface area contributed by atoms with Crippen molar-refractivity contribution in [2.75, 3.05) is 43.5 Å². The van der Waals surface area contributed by atoms with E-state index in [1.807, 2.05) is 24.3 Å². The van der Waals surface area contributed by atoms with Crippen molar-refractivity contribution in [1.82, 2.24) is 4.90 Å². The number of rotatable bonds is 4. The highest BCUT2D eigenvalue weighted by Gasteiger charge is 2.47. The third-order valence-corrected chi connectivity index (χ3v) is 6.89. The molecule has 1 saturated carbocycles. The third kappa shape index (κ3) is 3.65. The second-order valence-corrected chi connectivity index (χ2v) is 8.93. The molecule has 6 heteroatoms. The monoisotopic (exact) mass is 409 g/mol. The summed E-state index contributed by atoms with van der Waals surface area (Å²) in [5, 5.41) is 2.98. The molecule has 0 bridgehead atoms. The molecule has 0 aromatic heterocycles. The zero-order chi connectivity index (χ0) is 20.7. The van der Waals surface area contributed by atoms with Crippen LogP contribution in [0.2, 0.25) is 0 Å². The maximum Gasteiger partial charge on any atom is 0.326 e. The molecule has 5 rings (SSSR count). The number of fused-ring (bicyclic) bond motifs is 2. The fourth-order valence-electron chi connectivity index (χ4n) is 4.94. The van der Waals surface area contributed by atoms with Gasteiger partial charge in [0.2, 0.25) is 0 Å². The van der Waals surface area contributed by atoms with E-state index in [0.717, 1.165) is 48.8 Å². The van der Waals surface area contributed by atoms with Crippen molar-refractivity contribution >= 4 is 17.4 Å². The van der Waals surface area contributed by atoms with E-state index in [4.69, 9.17) is 4.74 Å². The number of hydrogen-bond acceptors (Lipinski definition) is 3. The minimum Gasteiger partial charge on any atom is -0.497 e. The fraction of sp³-hybridized carbons (Fsp3) is 0.458. The second-order valence-electron chi connectivity index (χ2n) is 8.93. The summed E-state index contributed by atoms with van der Waals surface area (Å²) in [6.45, 7) is 3.82. The molecule has 2 heterocycles. The lowest BCUT2D eigenvalue weighted by Gasteiger charge is -2.40. The molecule has 1 saturated heterocycles. The Balaban J connectivity index is 1.35. The van der Waals surface area contributed by atoms with Crippen molar-refractivity contribution in [3.63, 3.8) is 0 Å². The molecule has 2 fully saturated rings. The van der Waals surface area contributed by atoms with Gasteiger partial charge in [-0.25, -0.2) is 9.18 Å². The van der Waals surface area contributed by atoms with Gasteiger partial charge < -0.3 is 15.0 Å². The molecule has 3 aliphatic rings. The quantitative estimate of drug-likeness (QED) is 0.801. The van der Waals surface area contributed by atoms with Crippen LogP contribution in [0.4, 0.5) is 20.6 Å². The maximum absolute atomic E-state index is 14.2. The topological polar surface area (TPSA) is 44.8 Å². The largest absolute Gasteiger partial charge is 0.497 e. The van der Waals surface area contributed by atoms with Crippen LogP contribution in [0.5, 0.6) is 5.75 Å². The van der Waals surface area contributed by atoms with Crippen molar-refractivity contribution in [3.8, 4) is 5.75 Å². The van der Waals surface area contributed by atoms with E-state index in [-0.39, 0.29) is 17.3 Å². The number of halogens is 1. The Morgan fingerprint density at radius 2 is 1.90 bits per heavy atom. The molecule has 0 atom stereocenters. The summed E-state index contributed by atoms with van der Waals surface area (Å²) < 4.78 is 19.3. The van der Waals surface area contributed by atoms with Gasteiger partial charge in [0.05, 0.1) is 7.11 Å². The number of amides is 2. The summed E-state index contributed by atoms with van der Waals surface area (Å²) in [7, 11) is 1.61. The predicted molar refractivity (Wildman–Crippen MR) is 116 cm³/mol. The molecule has 1 aliphatic carbocycles. The van der Waals surface area contributed by atoms with Gasteiger partial charge >= 0.3 is 6.03 Å². The van der Waals surface area contributed by atoms with Gasteiger partial charge in [-0.3, -0.25) is 4.90 Å². The fourth-order valence-corrected chi connectivity index (χ4v) is 4.94. The van der Waals surface area contributed by atoms with Crippen molar-refractivity contribution in [1.29, 1.82) is 0 Å². The highest BCUT2D eigenvalue weighted by Crippen LogP contribution is 2.48. The number of nitrogens with one attached hydrogen (secondary N) is 1. The van der Waals surface area contributed by atoms with Crippen LogP contribution in [0.1, 0.15) is 31.2 Å². The van der Waals surface area contributed by atoms with Gasteiger partial charge in [-0.2, -0.15) is 0 Å². The zero-order valence-corrected chi connectivity index (χ0v) is 17.4. The number of carbonyl (C=O) groups is 1. The number of carbonyl (C=O) groups excluding carboxylic acids is 1. The number of ether oxygens (including phenoxy) is 1. The molecule has 1 N–H and O–H groups in total. The Labute approximate surface area is 176 Å². The summed E-state index contributed by atoms with van der Waals surface area (Å²) in [6.07, 6.45) is 4.63. The first-order valence-corrected chi connectivity index (χ1v) is 10.8. The third-order valence-electron chi connectivity index (χ3n) is 6.89. The molecule has 1 spiro atoms. The minimum atomic E-state index is -0.231. The summed E-state index contributed by atoms with van der Waals surface area (Å²) in [4.78, 5) is 17.5. The number of benzene rings is 2. The zero-order valence-electron chi connectivity index (χ0n) is 17.4. The highest BCUT2D eigenvalue weighted by molar-refractivity contribution is 6.03. The van der Waals surface area contributed by atoms with E-state index in [1.165, 1.54) is 25.5 Å². The van der Waals surface area contributed by atoms with Gasteiger partial charge in [0.25, 0.3) is 0 Å². The lowest BCUT2D eigenvalue weighted by molar-refractivity contribution is 0.161. The van der Waals surface area contributed by atoms with E-state index >= 15 is 0 Å². The molecule has 158 valence electrons. The molecule has 2 aromatic carbocycles. The van der Waals surface area contributed by atoms with Crippen LogP contribution in [0.3, 0.4) is 0 Å². The van der Waals surface area contributed by atoms with E-state index < -0.39 is 0 Å².